The Balaban J connectivity index is 1.81. The number of hydrogen-bond acceptors (Lipinski definition) is 2. The van der Waals surface area contributed by atoms with Gasteiger partial charge in [0.2, 0.25) is 0 Å². The van der Waals surface area contributed by atoms with E-state index in [-0.39, 0.29) is 6.03 Å². The number of hydrogen-bond donors (Lipinski definition) is 2. The molecule has 4 nitrogen and oxygen atoms in total. The van der Waals surface area contributed by atoms with Crippen LogP contribution in [0.25, 0.3) is 0 Å². The van der Waals surface area contributed by atoms with E-state index in [2.05, 4.69) is 5.32 Å². The largest absolute Gasteiger partial charge is 0.399 e. The second-order valence-electron chi connectivity index (χ2n) is 4.45. The fourth-order valence-corrected chi connectivity index (χ4v) is 2.02. The highest BCUT2D eigenvalue weighted by Gasteiger charge is 2.15. The van der Waals surface area contributed by atoms with Crippen molar-refractivity contribution in [3.05, 3.63) is 29.8 Å². The Morgan fingerprint density at radius 2 is 1.82 bits per heavy atom. The van der Waals surface area contributed by atoms with Gasteiger partial charge in [-0.05, 0) is 37.0 Å². The van der Waals surface area contributed by atoms with Crippen molar-refractivity contribution in [2.75, 3.05) is 18.8 Å². The molecule has 1 heterocycles. The van der Waals surface area contributed by atoms with E-state index < -0.39 is 0 Å². The lowest BCUT2D eigenvalue weighted by atomic mass is 10.1. The molecule has 1 aliphatic rings. The third-order valence-corrected chi connectivity index (χ3v) is 3.07. The van der Waals surface area contributed by atoms with Crippen LogP contribution in [0.15, 0.2) is 24.3 Å². The van der Waals surface area contributed by atoms with Crippen LogP contribution in [-0.2, 0) is 6.54 Å². The van der Waals surface area contributed by atoms with Crippen molar-refractivity contribution in [1.29, 1.82) is 0 Å². The molecule has 4 heteroatoms. The SMILES string of the molecule is Nc1ccc(CNC(=O)N2CCCCC2)cc1. The molecule has 17 heavy (non-hydrogen) atoms. The minimum absolute atomic E-state index is 0.0431. The van der Waals surface area contributed by atoms with Crippen LogP contribution in [0.2, 0.25) is 0 Å². The molecule has 0 bridgehead atoms. The molecule has 1 fully saturated rings. The average Bonchev–Trinajstić information content (AvgIpc) is 2.39. The van der Waals surface area contributed by atoms with E-state index in [1.54, 1.807) is 0 Å². The maximum atomic E-state index is 11.8. The Kier molecular flexibility index (Phi) is 3.85. The standard InChI is InChI=1S/C13H19N3O/c14-12-6-4-11(5-7-12)10-15-13(17)16-8-2-1-3-9-16/h4-7H,1-3,8-10,14H2,(H,15,17). The Labute approximate surface area is 102 Å². The number of likely N-dealkylation sites (tertiary alicyclic amines) is 1. The predicted molar refractivity (Wildman–Crippen MR) is 68.5 cm³/mol. The highest BCUT2D eigenvalue weighted by molar-refractivity contribution is 5.74. The quantitative estimate of drug-likeness (QED) is 0.767. The number of carbonyl (C=O) groups is 1. The number of rotatable bonds is 2. The molecule has 0 aromatic heterocycles. The summed E-state index contributed by atoms with van der Waals surface area (Å²) in [6.45, 7) is 2.33. The van der Waals surface area contributed by atoms with Crippen molar-refractivity contribution in [1.82, 2.24) is 10.2 Å². The predicted octanol–water partition coefficient (Wildman–Crippen LogP) is 1.96. The summed E-state index contributed by atoms with van der Waals surface area (Å²) in [6.07, 6.45) is 3.48. The first-order chi connectivity index (χ1) is 8.25. The monoisotopic (exact) mass is 233 g/mol. The van der Waals surface area contributed by atoms with Gasteiger partial charge < -0.3 is 16.0 Å². The van der Waals surface area contributed by atoms with Crippen LogP contribution in [0.1, 0.15) is 24.8 Å². The number of nitrogens with one attached hydrogen (secondary N) is 1. The van der Waals surface area contributed by atoms with Gasteiger partial charge in [-0.25, -0.2) is 4.79 Å². The van der Waals surface area contributed by atoms with E-state index in [4.69, 9.17) is 5.73 Å². The topological polar surface area (TPSA) is 58.4 Å². The maximum Gasteiger partial charge on any atom is 0.317 e. The van der Waals surface area contributed by atoms with Gasteiger partial charge in [0.15, 0.2) is 0 Å². The Hall–Kier alpha value is -1.71. The number of anilines is 1. The van der Waals surface area contributed by atoms with Crippen molar-refractivity contribution < 1.29 is 4.79 Å². The van der Waals surface area contributed by atoms with Crippen LogP contribution < -0.4 is 11.1 Å². The fourth-order valence-electron chi connectivity index (χ4n) is 2.02. The number of piperidine rings is 1. The summed E-state index contributed by atoms with van der Waals surface area (Å²) in [6, 6.07) is 7.61. The molecule has 0 spiro atoms. The smallest absolute Gasteiger partial charge is 0.317 e. The molecule has 1 aliphatic heterocycles. The molecule has 0 saturated carbocycles. The van der Waals surface area contributed by atoms with Gasteiger partial charge in [-0.15, -0.1) is 0 Å². The van der Waals surface area contributed by atoms with Crippen molar-refractivity contribution in [3.8, 4) is 0 Å². The Morgan fingerprint density at radius 3 is 2.47 bits per heavy atom. The van der Waals surface area contributed by atoms with Gasteiger partial charge in [0.1, 0.15) is 0 Å². The summed E-state index contributed by atoms with van der Waals surface area (Å²) in [7, 11) is 0. The van der Waals surface area contributed by atoms with Gasteiger partial charge in [-0.3, -0.25) is 0 Å². The molecule has 1 saturated heterocycles. The van der Waals surface area contributed by atoms with Gasteiger partial charge in [0.25, 0.3) is 0 Å². The molecule has 1 aromatic rings. The van der Waals surface area contributed by atoms with Crippen molar-refractivity contribution in [2.45, 2.75) is 25.8 Å². The first-order valence-corrected chi connectivity index (χ1v) is 6.13. The van der Waals surface area contributed by atoms with E-state index in [0.717, 1.165) is 37.2 Å². The summed E-state index contributed by atoms with van der Waals surface area (Å²) in [4.78, 5) is 13.7. The highest BCUT2D eigenvalue weighted by atomic mass is 16.2. The molecule has 2 rings (SSSR count). The number of nitrogen functional groups attached to an aromatic ring is 1. The first-order valence-electron chi connectivity index (χ1n) is 6.13. The molecule has 0 radical (unpaired) electrons. The van der Waals surface area contributed by atoms with Gasteiger partial charge in [-0.2, -0.15) is 0 Å². The summed E-state index contributed by atoms with van der Waals surface area (Å²) < 4.78 is 0. The fraction of sp³-hybridized carbons (Fsp3) is 0.462. The van der Waals surface area contributed by atoms with Crippen LogP contribution >= 0.6 is 0 Å². The molecule has 3 N–H and O–H groups in total. The van der Waals surface area contributed by atoms with E-state index in [1.807, 2.05) is 29.2 Å². The zero-order valence-electron chi connectivity index (χ0n) is 9.98. The second-order valence-corrected chi connectivity index (χ2v) is 4.45. The number of benzene rings is 1. The summed E-state index contributed by atoms with van der Waals surface area (Å²) in [5.41, 5.74) is 7.42. The van der Waals surface area contributed by atoms with Crippen LogP contribution in [-0.4, -0.2) is 24.0 Å². The number of urea groups is 1. The highest BCUT2D eigenvalue weighted by Crippen LogP contribution is 2.09. The third-order valence-electron chi connectivity index (χ3n) is 3.07. The lowest BCUT2D eigenvalue weighted by molar-refractivity contribution is 0.186. The molecule has 0 unspecified atom stereocenters. The zero-order valence-corrected chi connectivity index (χ0v) is 9.98. The molecule has 0 atom stereocenters. The van der Waals surface area contributed by atoms with Gasteiger partial charge in [0.05, 0.1) is 0 Å². The summed E-state index contributed by atoms with van der Waals surface area (Å²) >= 11 is 0. The number of carbonyl (C=O) groups excluding carboxylic acids is 1. The molecule has 92 valence electrons. The van der Waals surface area contributed by atoms with Gasteiger partial charge in [0, 0.05) is 25.3 Å². The van der Waals surface area contributed by atoms with Crippen LogP contribution in [0, 0.1) is 0 Å². The van der Waals surface area contributed by atoms with E-state index in [1.165, 1.54) is 6.42 Å². The van der Waals surface area contributed by atoms with Crippen LogP contribution in [0.4, 0.5) is 10.5 Å². The summed E-state index contributed by atoms with van der Waals surface area (Å²) in [5.74, 6) is 0. The minimum Gasteiger partial charge on any atom is -0.399 e. The minimum atomic E-state index is 0.0431. The van der Waals surface area contributed by atoms with E-state index in [9.17, 15) is 4.79 Å². The Bertz CT molecular complexity index is 369. The second kappa shape index (κ2) is 5.57. The lowest BCUT2D eigenvalue weighted by Gasteiger charge is -2.26. The normalized spacial score (nSPS) is 15.6. The van der Waals surface area contributed by atoms with Crippen molar-refractivity contribution in [3.63, 3.8) is 0 Å². The number of nitrogens with two attached hydrogens (primary N) is 1. The van der Waals surface area contributed by atoms with Crippen LogP contribution in [0.3, 0.4) is 0 Å². The summed E-state index contributed by atoms with van der Waals surface area (Å²) in [5, 5.41) is 2.93. The molecule has 2 amide bonds. The van der Waals surface area contributed by atoms with Gasteiger partial charge >= 0.3 is 6.03 Å². The molecular weight excluding hydrogens is 214 g/mol. The van der Waals surface area contributed by atoms with E-state index in [0.29, 0.717) is 6.54 Å². The molecule has 1 aromatic carbocycles. The zero-order chi connectivity index (χ0) is 12.1. The van der Waals surface area contributed by atoms with Crippen molar-refractivity contribution in [2.24, 2.45) is 0 Å². The Morgan fingerprint density at radius 1 is 1.18 bits per heavy atom. The van der Waals surface area contributed by atoms with Crippen LogP contribution in [0.5, 0.6) is 0 Å². The molecular formula is C13H19N3O. The lowest BCUT2D eigenvalue weighted by Crippen LogP contribution is -2.42. The first kappa shape index (κ1) is 11.8. The molecule has 0 aliphatic carbocycles. The maximum absolute atomic E-state index is 11.8. The van der Waals surface area contributed by atoms with Gasteiger partial charge in [-0.1, -0.05) is 12.1 Å². The van der Waals surface area contributed by atoms with E-state index >= 15 is 0 Å². The van der Waals surface area contributed by atoms with Crippen molar-refractivity contribution >= 4 is 11.7 Å². The third kappa shape index (κ3) is 3.37. The average molecular weight is 233 g/mol. The number of amides is 2. The number of nitrogens with zero attached hydrogens (tertiary/aromatic N) is 1.